The van der Waals surface area contributed by atoms with Gasteiger partial charge in [-0.15, -0.1) is 0 Å². The van der Waals surface area contributed by atoms with Crippen molar-refractivity contribution in [2.24, 2.45) is 0 Å². The molecule has 0 aliphatic rings. The Kier molecular flexibility index (Phi) is 58.4. The molecule has 0 aromatic carbocycles. The predicted molar refractivity (Wildman–Crippen MR) is 325 cm³/mol. The molecule has 0 aromatic heterocycles. The van der Waals surface area contributed by atoms with Gasteiger partial charge < -0.3 is 14.2 Å². The third-order valence-electron chi connectivity index (χ3n) is 12.6. The number of unbranched alkanes of at least 4 members (excludes halogenated alkanes) is 21. The van der Waals surface area contributed by atoms with E-state index in [4.69, 9.17) is 14.2 Å². The molecule has 0 saturated carbocycles. The third-order valence-corrected chi connectivity index (χ3v) is 12.6. The molecule has 0 unspecified atom stereocenters. The first-order valence-electron chi connectivity index (χ1n) is 30.7. The lowest BCUT2D eigenvalue weighted by atomic mass is 10.1. The zero-order chi connectivity index (χ0) is 54.3. The van der Waals surface area contributed by atoms with Gasteiger partial charge in [-0.05, 0) is 128 Å². The fourth-order valence-electron chi connectivity index (χ4n) is 8.03. The number of esters is 3. The van der Waals surface area contributed by atoms with Crippen molar-refractivity contribution in [1.82, 2.24) is 0 Å². The summed E-state index contributed by atoms with van der Waals surface area (Å²) < 4.78 is 16.8. The van der Waals surface area contributed by atoms with Gasteiger partial charge in [0.15, 0.2) is 6.10 Å². The molecule has 0 aliphatic heterocycles. The number of carbonyl (C=O) groups excluding carboxylic acids is 3. The van der Waals surface area contributed by atoms with Crippen LogP contribution in [0.4, 0.5) is 0 Å². The van der Waals surface area contributed by atoms with Crippen molar-refractivity contribution in [1.29, 1.82) is 0 Å². The minimum Gasteiger partial charge on any atom is -0.462 e. The maximum Gasteiger partial charge on any atom is 0.306 e. The van der Waals surface area contributed by atoms with Gasteiger partial charge in [0.2, 0.25) is 0 Å². The van der Waals surface area contributed by atoms with E-state index in [0.29, 0.717) is 19.3 Å². The Morgan fingerprint density at radius 3 is 0.893 bits per heavy atom. The van der Waals surface area contributed by atoms with Crippen molar-refractivity contribution in [2.75, 3.05) is 13.2 Å². The average molecular weight is 1040 g/mol. The van der Waals surface area contributed by atoms with Crippen LogP contribution < -0.4 is 0 Å². The first kappa shape index (κ1) is 70.5. The molecule has 0 fully saturated rings. The Hall–Kier alpha value is -4.45. The zero-order valence-corrected chi connectivity index (χ0v) is 48.5. The van der Waals surface area contributed by atoms with E-state index in [0.717, 1.165) is 109 Å². The van der Waals surface area contributed by atoms with Crippen molar-refractivity contribution in [3.63, 3.8) is 0 Å². The number of hydrogen-bond acceptors (Lipinski definition) is 6. The number of carbonyl (C=O) groups is 3. The van der Waals surface area contributed by atoms with E-state index >= 15 is 0 Å². The second kappa shape index (κ2) is 62.1. The predicted octanol–water partition coefficient (Wildman–Crippen LogP) is 21.0. The lowest BCUT2D eigenvalue weighted by Crippen LogP contribution is -2.30. The summed E-state index contributed by atoms with van der Waals surface area (Å²) in [6, 6.07) is 0. The summed E-state index contributed by atoms with van der Waals surface area (Å²) in [5.41, 5.74) is 0. The largest absolute Gasteiger partial charge is 0.462 e. The van der Waals surface area contributed by atoms with Crippen LogP contribution in [0.3, 0.4) is 0 Å². The maximum absolute atomic E-state index is 12.9. The maximum atomic E-state index is 12.9. The van der Waals surface area contributed by atoms with Gasteiger partial charge in [-0.3, -0.25) is 14.4 Å². The molecule has 75 heavy (non-hydrogen) atoms. The summed E-state index contributed by atoms with van der Waals surface area (Å²) in [5, 5.41) is 0. The molecular formula is C69H112O6. The second-order valence-electron chi connectivity index (χ2n) is 19.9. The highest BCUT2D eigenvalue weighted by Crippen LogP contribution is 2.14. The van der Waals surface area contributed by atoms with Crippen LogP contribution in [-0.4, -0.2) is 37.2 Å². The van der Waals surface area contributed by atoms with Gasteiger partial charge in [-0.1, -0.05) is 251 Å². The standard InChI is InChI=1S/C69H112O6/c1-4-7-10-13-16-19-22-25-28-31-34-37-40-43-46-49-52-55-58-61-67(70)73-64-66(75-69(72)63-60-57-54-51-48-45-42-39-36-33-30-27-24-21-18-15-12-9-6-3)65-74-68(71)62-59-56-53-50-47-44-41-38-35-32-29-26-23-20-17-14-11-8-5-2/h7,10,16-21,25-30,34,36-37,39,43,46,52,55,66H,4-6,8-9,11-15,22-24,31-33,35,38,40-42,44-45,47-51,53-54,56-65H2,1-3H3/b10-7-,19-16-,20-17-,21-18-,28-25-,29-26-,30-27-,37-34-,39-36-,46-43-,55-52-/t66-/m0/s1. The smallest absolute Gasteiger partial charge is 0.306 e. The number of rotatable bonds is 54. The molecule has 0 N–H and O–H groups in total. The molecule has 1 atom stereocenters. The van der Waals surface area contributed by atoms with Crippen LogP contribution in [0.25, 0.3) is 0 Å². The van der Waals surface area contributed by atoms with Crippen LogP contribution in [0.1, 0.15) is 265 Å². The molecule has 0 rings (SSSR count). The van der Waals surface area contributed by atoms with Gasteiger partial charge in [-0.2, -0.15) is 0 Å². The van der Waals surface area contributed by atoms with Crippen molar-refractivity contribution in [2.45, 2.75) is 271 Å². The molecule has 6 heteroatoms. The number of hydrogen-bond donors (Lipinski definition) is 0. The van der Waals surface area contributed by atoms with Crippen LogP contribution in [0, 0.1) is 0 Å². The van der Waals surface area contributed by atoms with Crippen LogP contribution in [0.5, 0.6) is 0 Å². The van der Waals surface area contributed by atoms with E-state index in [-0.39, 0.29) is 37.5 Å². The summed E-state index contributed by atoms with van der Waals surface area (Å²) in [5.74, 6) is -1.02. The van der Waals surface area contributed by atoms with E-state index in [9.17, 15) is 14.4 Å². The second-order valence-corrected chi connectivity index (χ2v) is 19.9. The Balaban J connectivity index is 4.54. The summed E-state index contributed by atoms with van der Waals surface area (Å²) >= 11 is 0. The molecule has 0 spiro atoms. The molecule has 0 saturated heterocycles. The summed E-state index contributed by atoms with van der Waals surface area (Å²) in [7, 11) is 0. The van der Waals surface area contributed by atoms with E-state index in [2.05, 4.69) is 148 Å². The van der Waals surface area contributed by atoms with Gasteiger partial charge in [-0.25, -0.2) is 0 Å². The summed E-state index contributed by atoms with van der Waals surface area (Å²) in [6.45, 7) is 6.40. The molecule has 6 nitrogen and oxygen atoms in total. The Morgan fingerprint density at radius 1 is 0.280 bits per heavy atom. The molecule has 0 amide bonds. The normalized spacial score (nSPS) is 13.1. The van der Waals surface area contributed by atoms with E-state index < -0.39 is 6.10 Å². The summed E-state index contributed by atoms with van der Waals surface area (Å²) in [6.07, 6.45) is 87.4. The first-order valence-corrected chi connectivity index (χ1v) is 30.7. The lowest BCUT2D eigenvalue weighted by Gasteiger charge is -2.18. The Labute approximate surface area is 462 Å². The molecule has 0 radical (unpaired) electrons. The van der Waals surface area contributed by atoms with Crippen LogP contribution in [-0.2, 0) is 28.6 Å². The van der Waals surface area contributed by atoms with Crippen molar-refractivity contribution in [3.05, 3.63) is 134 Å². The molecule has 0 bridgehead atoms. The van der Waals surface area contributed by atoms with E-state index in [1.165, 1.54) is 109 Å². The Bertz CT molecular complexity index is 1620. The van der Waals surface area contributed by atoms with Gasteiger partial charge in [0.1, 0.15) is 13.2 Å². The fourth-order valence-corrected chi connectivity index (χ4v) is 8.03. The van der Waals surface area contributed by atoms with Gasteiger partial charge in [0, 0.05) is 19.3 Å². The van der Waals surface area contributed by atoms with Crippen molar-refractivity contribution < 1.29 is 28.6 Å². The van der Waals surface area contributed by atoms with Gasteiger partial charge in [0.25, 0.3) is 0 Å². The average Bonchev–Trinajstić information content (AvgIpc) is 3.41. The lowest BCUT2D eigenvalue weighted by molar-refractivity contribution is -0.166. The first-order chi connectivity index (χ1) is 37.0. The quantitative estimate of drug-likeness (QED) is 0.0261. The highest BCUT2D eigenvalue weighted by atomic mass is 16.6. The van der Waals surface area contributed by atoms with Crippen molar-refractivity contribution >= 4 is 17.9 Å². The van der Waals surface area contributed by atoms with Crippen LogP contribution >= 0.6 is 0 Å². The van der Waals surface area contributed by atoms with E-state index in [1.807, 2.05) is 6.08 Å². The minimum atomic E-state index is -0.824. The number of ether oxygens (including phenoxy) is 3. The van der Waals surface area contributed by atoms with Gasteiger partial charge >= 0.3 is 17.9 Å². The highest BCUT2D eigenvalue weighted by Gasteiger charge is 2.19. The van der Waals surface area contributed by atoms with Crippen LogP contribution in [0.15, 0.2) is 134 Å². The van der Waals surface area contributed by atoms with Crippen LogP contribution in [0.2, 0.25) is 0 Å². The molecule has 424 valence electrons. The third kappa shape index (κ3) is 60.3. The van der Waals surface area contributed by atoms with Crippen molar-refractivity contribution in [3.8, 4) is 0 Å². The fraction of sp³-hybridized carbons (Fsp3) is 0.638. The molecule has 0 aliphatic carbocycles. The topological polar surface area (TPSA) is 78.9 Å². The Morgan fingerprint density at radius 2 is 0.547 bits per heavy atom. The van der Waals surface area contributed by atoms with Gasteiger partial charge in [0.05, 0.1) is 0 Å². The molecule has 0 heterocycles. The van der Waals surface area contributed by atoms with E-state index in [1.54, 1.807) is 0 Å². The molecular weight excluding hydrogens is 925 g/mol. The summed E-state index contributed by atoms with van der Waals surface area (Å²) in [4.78, 5) is 38.3. The zero-order valence-electron chi connectivity index (χ0n) is 48.5. The minimum absolute atomic E-state index is 0.113. The molecule has 0 aromatic rings. The SMILES string of the molecule is CC/C=C\C/C=C\C/C=C\C/C=C\C/C=C\C/C=C\CCC(=O)OC[C@@H](COC(=O)CCCCCCCCCCC/C=C\C/C=C\CCCCC)OC(=O)CCCCCCCC/C=C\C/C=C\C/C=C\CCCCC. The number of allylic oxidation sites excluding steroid dienone is 22. The highest BCUT2D eigenvalue weighted by molar-refractivity contribution is 5.71. The monoisotopic (exact) mass is 1040 g/mol.